The largest absolute Gasteiger partial charge is 0.265 e. The molecule has 0 unspecified atom stereocenters. The fourth-order valence-electron chi connectivity index (χ4n) is 0. The monoisotopic (exact) mass is 240 g/mol. The molecule has 0 atom stereocenters. The molecular weight excluding hydrogens is 238 g/mol. The molecule has 0 saturated carbocycles. The fourth-order valence-corrected chi connectivity index (χ4v) is 0. The Morgan fingerprint density at radius 1 is 1.50 bits per heavy atom. The standard InChI is InChI=1S/CH2N2S.CHNS.Ag/c2-1-4-3;2-1-3;/h3H2;3H;. The smallest absolute Gasteiger partial charge is 0.149 e. The van der Waals surface area contributed by atoms with E-state index in [1.165, 1.54) is 5.40 Å². The Kier molecular flexibility index (Phi) is 51.8. The zero-order valence-electron chi connectivity index (χ0n) is 3.63. The first-order valence-corrected chi connectivity index (χ1v) is 2.44. The molecule has 0 fully saturated rings. The summed E-state index contributed by atoms with van der Waals surface area (Å²) in [6.07, 6.45) is 0. The fraction of sp³-hybridized carbons (Fsp3) is 0. The normalized spacial score (nSPS) is 3.50. The molecule has 0 aliphatic rings. The van der Waals surface area contributed by atoms with Gasteiger partial charge in [0.05, 0.1) is 0 Å². The maximum atomic E-state index is 7.46. The van der Waals surface area contributed by atoms with E-state index in [1.807, 2.05) is 0 Å². The van der Waals surface area contributed by atoms with Crippen LogP contribution in [-0.4, -0.2) is 0 Å². The molecule has 2 N–H and O–H groups in total. The maximum Gasteiger partial charge on any atom is 0.149 e. The third-order valence-electron chi connectivity index (χ3n) is 0.0527. The van der Waals surface area contributed by atoms with Gasteiger partial charge in [0.1, 0.15) is 10.8 Å². The second kappa shape index (κ2) is 26.3. The molecule has 6 heteroatoms. The molecule has 3 nitrogen and oxygen atoms in total. The number of nitrogens with zero attached hydrogens (tertiary/aromatic N) is 2. The number of hydrogen-bond donors (Lipinski definition) is 2. The molecule has 0 rings (SSSR count). The van der Waals surface area contributed by atoms with E-state index in [9.17, 15) is 0 Å². The van der Waals surface area contributed by atoms with Gasteiger partial charge in [-0.05, 0) is 0 Å². The van der Waals surface area contributed by atoms with Crippen molar-refractivity contribution in [1.29, 1.82) is 10.5 Å². The Morgan fingerprint density at radius 2 is 1.62 bits per heavy atom. The Hall–Kier alpha value is 0.380. The summed E-state index contributed by atoms with van der Waals surface area (Å²) < 4.78 is 0. The van der Waals surface area contributed by atoms with Crippen LogP contribution >= 0.6 is 24.6 Å². The number of rotatable bonds is 0. The first-order valence-electron chi connectivity index (χ1n) is 1.11. The summed E-state index contributed by atoms with van der Waals surface area (Å²) in [5, 5.41) is 22.3. The van der Waals surface area contributed by atoms with Crippen molar-refractivity contribution in [2.45, 2.75) is 0 Å². The Morgan fingerprint density at radius 3 is 1.62 bits per heavy atom. The van der Waals surface area contributed by atoms with Crippen LogP contribution < -0.4 is 5.14 Å². The van der Waals surface area contributed by atoms with E-state index in [4.69, 9.17) is 10.5 Å². The summed E-state index contributed by atoms with van der Waals surface area (Å²) >= 11 is 3.76. The van der Waals surface area contributed by atoms with Gasteiger partial charge in [-0.15, -0.1) is 0 Å². The molecule has 49 valence electrons. The van der Waals surface area contributed by atoms with Crippen LogP contribution in [0.2, 0.25) is 0 Å². The topological polar surface area (TPSA) is 73.6 Å². The van der Waals surface area contributed by atoms with E-state index in [1.54, 1.807) is 5.40 Å². The van der Waals surface area contributed by atoms with E-state index in [2.05, 4.69) is 17.8 Å². The molecule has 8 heavy (non-hydrogen) atoms. The van der Waals surface area contributed by atoms with Crippen molar-refractivity contribution in [3.8, 4) is 10.8 Å². The van der Waals surface area contributed by atoms with E-state index < -0.39 is 0 Å². The van der Waals surface area contributed by atoms with Crippen LogP contribution in [-0.2, 0) is 22.4 Å². The van der Waals surface area contributed by atoms with Gasteiger partial charge in [0.2, 0.25) is 0 Å². The van der Waals surface area contributed by atoms with Gasteiger partial charge < -0.3 is 0 Å². The quantitative estimate of drug-likeness (QED) is 0.280. The summed E-state index contributed by atoms with van der Waals surface area (Å²) in [4.78, 5) is 0. The van der Waals surface area contributed by atoms with E-state index in [-0.39, 0.29) is 22.4 Å². The second-order valence-electron chi connectivity index (χ2n) is 0.309. The van der Waals surface area contributed by atoms with E-state index in [0.29, 0.717) is 11.9 Å². The Bertz CT molecular complexity index is 92.4. The van der Waals surface area contributed by atoms with E-state index in [0.717, 1.165) is 0 Å². The molecule has 0 aromatic rings. The summed E-state index contributed by atoms with van der Waals surface area (Å²) in [5.41, 5.74) is 0. The predicted molar refractivity (Wildman–Crippen MR) is 32.0 cm³/mol. The molecule has 0 aliphatic carbocycles. The van der Waals surface area contributed by atoms with Crippen LogP contribution in [0.15, 0.2) is 0 Å². The average Bonchev–Trinajstić information content (AvgIpc) is 1.69. The van der Waals surface area contributed by atoms with Gasteiger partial charge >= 0.3 is 0 Å². The molecule has 0 aromatic heterocycles. The van der Waals surface area contributed by atoms with Gasteiger partial charge in [0.15, 0.2) is 0 Å². The van der Waals surface area contributed by atoms with Crippen molar-refractivity contribution in [2.75, 3.05) is 0 Å². The first-order chi connectivity index (χ1) is 3.33. The Labute approximate surface area is 73.3 Å². The number of hydrogen-bond acceptors (Lipinski definition) is 5. The van der Waals surface area contributed by atoms with Gasteiger partial charge in [0, 0.05) is 34.3 Å². The Balaban J connectivity index is -0.0000000575. The third kappa shape index (κ3) is 96.9. The summed E-state index contributed by atoms with van der Waals surface area (Å²) in [5.74, 6) is 0. The van der Waals surface area contributed by atoms with Gasteiger partial charge in [0.25, 0.3) is 0 Å². The van der Waals surface area contributed by atoms with Crippen LogP contribution in [0.25, 0.3) is 0 Å². The minimum Gasteiger partial charge on any atom is -0.265 e. The van der Waals surface area contributed by atoms with Crippen LogP contribution in [0.3, 0.4) is 0 Å². The van der Waals surface area contributed by atoms with Gasteiger partial charge in [-0.25, -0.2) is 0 Å². The van der Waals surface area contributed by atoms with Crippen molar-refractivity contribution in [3.05, 3.63) is 0 Å². The van der Waals surface area contributed by atoms with Crippen LogP contribution in [0.5, 0.6) is 0 Å². The number of thiol groups is 1. The molecule has 0 spiro atoms. The molecular formula is C2H3AgN3S2. The molecule has 0 bridgehead atoms. The van der Waals surface area contributed by atoms with Gasteiger partial charge in [-0.3, -0.25) is 5.14 Å². The number of nitrogens with two attached hydrogens (primary N) is 1. The summed E-state index contributed by atoms with van der Waals surface area (Å²) in [7, 11) is 0. The molecule has 0 saturated heterocycles. The number of thiocyanates is 2. The second-order valence-corrected chi connectivity index (χ2v) is 0.927. The van der Waals surface area contributed by atoms with Crippen molar-refractivity contribution in [2.24, 2.45) is 5.14 Å². The molecule has 0 aliphatic heterocycles. The van der Waals surface area contributed by atoms with Crippen molar-refractivity contribution in [3.63, 3.8) is 0 Å². The van der Waals surface area contributed by atoms with Crippen LogP contribution in [0.4, 0.5) is 0 Å². The summed E-state index contributed by atoms with van der Waals surface area (Å²) in [6, 6.07) is 0. The molecule has 0 amide bonds. The SMILES string of the molecule is N#CS.N#CSN.[Ag]. The molecule has 0 aromatic carbocycles. The third-order valence-corrected chi connectivity index (χ3v) is 0.158. The van der Waals surface area contributed by atoms with Crippen molar-refractivity contribution in [1.82, 2.24) is 0 Å². The van der Waals surface area contributed by atoms with Crippen LogP contribution in [0, 0.1) is 21.3 Å². The number of nitriles is 2. The minimum absolute atomic E-state index is 0. The van der Waals surface area contributed by atoms with Crippen molar-refractivity contribution < 1.29 is 22.4 Å². The molecule has 0 heterocycles. The van der Waals surface area contributed by atoms with Crippen molar-refractivity contribution >= 4 is 24.6 Å². The average molecular weight is 241 g/mol. The molecule has 1 radical (unpaired) electrons. The van der Waals surface area contributed by atoms with Crippen LogP contribution in [0.1, 0.15) is 0 Å². The first kappa shape index (κ1) is 15.8. The van der Waals surface area contributed by atoms with Gasteiger partial charge in [-0.1, -0.05) is 12.6 Å². The summed E-state index contributed by atoms with van der Waals surface area (Å²) in [6.45, 7) is 0. The van der Waals surface area contributed by atoms with Gasteiger partial charge in [-0.2, -0.15) is 10.5 Å². The minimum atomic E-state index is 0. The maximum absolute atomic E-state index is 7.46. The predicted octanol–water partition coefficient (Wildman–Crippen LogP) is 0.469. The zero-order chi connectivity index (χ0) is 6.12. The van der Waals surface area contributed by atoms with E-state index >= 15 is 0 Å². The zero-order valence-corrected chi connectivity index (χ0v) is 6.82.